The fourth-order valence-electron chi connectivity index (χ4n) is 2.54. The van der Waals surface area contributed by atoms with E-state index >= 15 is 0 Å². The molecule has 0 radical (unpaired) electrons. The number of H-pyrrole nitrogens is 1. The largest absolute Gasteiger partial charge is 0.309 e. The zero-order valence-electron chi connectivity index (χ0n) is 14.5. The van der Waals surface area contributed by atoms with Crippen molar-refractivity contribution in [3.8, 4) is 0 Å². The van der Waals surface area contributed by atoms with E-state index in [9.17, 15) is 14.0 Å². The first-order valence-corrected chi connectivity index (χ1v) is 8.75. The van der Waals surface area contributed by atoms with Crippen LogP contribution in [0.25, 0.3) is 10.2 Å². The molecule has 8 heteroatoms. The number of thiophene rings is 1. The number of hydrogen-bond acceptors (Lipinski definition) is 5. The highest BCUT2D eigenvalue weighted by Gasteiger charge is 2.13. The van der Waals surface area contributed by atoms with Gasteiger partial charge in [-0.2, -0.15) is 5.10 Å². The fourth-order valence-corrected chi connectivity index (χ4v) is 3.58. The first-order chi connectivity index (χ1) is 12.4. The molecular formula is C18H17FN4O2S. The first-order valence-electron chi connectivity index (χ1n) is 7.93. The number of aromatic amines is 1. The van der Waals surface area contributed by atoms with Gasteiger partial charge in [-0.15, -0.1) is 11.3 Å². The van der Waals surface area contributed by atoms with E-state index in [1.165, 1.54) is 17.4 Å². The number of rotatable bonds is 4. The number of carbonyl (C=O) groups is 1. The van der Waals surface area contributed by atoms with E-state index in [4.69, 9.17) is 0 Å². The Kier molecular flexibility index (Phi) is 4.94. The van der Waals surface area contributed by atoms with Crippen molar-refractivity contribution in [3.05, 3.63) is 62.3 Å². The molecule has 134 valence electrons. The zero-order chi connectivity index (χ0) is 18.8. The smallest absolute Gasteiger partial charge is 0.259 e. The fraction of sp³-hybridized carbons (Fsp3) is 0.222. The van der Waals surface area contributed by atoms with E-state index < -0.39 is 11.7 Å². The number of nitrogens with zero attached hydrogens (tertiary/aromatic N) is 2. The highest BCUT2D eigenvalue weighted by atomic mass is 32.1. The molecule has 1 aromatic carbocycles. The summed E-state index contributed by atoms with van der Waals surface area (Å²) in [5.41, 5.74) is 3.66. The van der Waals surface area contributed by atoms with Gasteiger partial charge < -0.3 is 4.98 Å². The van der Waals surface area contributed by atoms with Crippen molar-refractivity contribution in [1.29, 1.82) is 0 Å². The summed E-state index contributed by atoms with van der Waals surface area (Å²) in [6, 6.07) is 6.17. The van der Waals surface area contributed by atoms with Crippen LogP contribution in [0.5, 0.6) is 0 Å². The van der Waals surface area contributed by atoms with Crippen molar-refractivity contribution in [2.24, 2.45) is 5.10 Å². The molecule has 26 heavy (non-hydrogen) atoms. The number of hydrazone groups is 1. The molecule has 2 heterocycles. The van der Waals surface area contributed by atoms with Crippen LogP contribution in [0.2, 0.25) is 0 Å². The minimum atomic E-state index is -0.451. The predicted octanol–water partition coefficient (Wildman–Crippen LogP) is 2.82. The molecule has 0 aliphatic heterocycles. The Balaban J connectivity index is 1.76. The number of halogens is 1. The van der Waals surface area contributed by atoms with Gasteiger partial charge in [-0.3, -0.25) is 9.59 Å². The first kappa shape index (κ1) is 17.9. The number of hydrogen-bond donors (Lipinski definition) is 2. The van der Waals surface area contributed by atoms with E-state index in [0.717, 1.165) is 10.4 Å². The quantitative estimate of drug-likeness (QED) is 0.545. The normalized spacial score (nSPS) is 11.8. The molecule has 0 aliphatic rings. The summed E-state index contributed by atoms with van der Waals surface area (Å²) >= 11 is 1.42. The Morgan fingerprint density at radius 3 is 2.81 bits per heavy atom. The lowest BCUT2D eigenvalue weighted by Crippen LogP contribution is -2.24. The molecule has 3 aromatic rings. The third-order valence-corrected chi connectivity index (χ3v) is 5.13. The lowest BCUT2D eigenvalue weighted by Gasteiger charge is -2.04. The molecular weight excluding hydrogens is 355 g/mol. The van der Waals surface area contributed by atoms with Crippen LogP contribution in [0.1, 0.15) is 28.8 Å². The predicted molar refractivity (Wildman–Crippen MR) is 100 cm³/mol. The number of aryl methyl sites for hydroxylation is 2. The van der Waals surface area contributed by atoms with Crippen LogP contribution < -0.4 is 11.0 Å². The lowest BCUT2D eigenvalue weighted by atomic mass is 10.1. The van der Waals surface area contributed by atoms with E-state index in [2.05, 4.69) is 20.5 Å². The van der Waals surface area contributed by atoms with Crippen LogP contribution in [0.15, 0.2) is 34.2 Å². The summed E-state index contributed by atoms with van der Waals surface area (Å²) in [7, 11) is 0. The summed E-state index contributed by atoms with van der Waals surface area (Å²) in [5, 5.41) is 4.47. The maximum Gasteiger partial charge on any atom is 0.259 e. The van der Waals surface area contributed by atoms with E-state index in [1.54, 1.807) is 25.1 Å². The molecule has 0 fully saturated rings. The van der Waals surface area contributed by atoms with Crippen LogP contribution in [-0.4, -0.2) is 21.6 Å². The Labute approximate surface area is 152 Å². The third-order valence-electron chi connectivity index (χ3n) is 4.03. The van der Waals surface area contributed by atoms with Gasteiger partial charge in [0.05, 0.1) is 17.5 Å². The molecule has 6 nitrogen and oxygen atoms in total. The van der Waals surface area contributed by atoms with Crippen molar-refractivity contribution in [2.75, 3.05) is 0 Å². The summed E-state index contributed by atoms with van der Waals surface area (Å²) in [6.07, 6.45) is -0.130. The van der Waals surface area contributed by atoms with Crippen molar-refractivity contribution in [1.82, 2.24) is 15.4 Å². The second kappa shape index (κ2) is 7.17. The Morgan fingerprint density at radius 1 is 1.35 bits per heavy atom. The Bertz CT molecular complexity index is 1080. The average molecular weight is 372 g/mol. The minimum Gasteiger partial charge on any atom is -0.309 e. The number of benzene rings is 1. The Hall–Kier alpha value is -2.87. The molecule has 3 rings (SSSR count). The topological polar surface area (TPSA) is 87.2 Å². The van der Waals surface area contributed by atoms with Crippen molar-refractivity contribution < 1.29 is 9.18 Å². The number of fused-ring (bicyclic) bond motifs is 1. The highest BCUT2D eigenvalue weighted by molar-refractivity contribution is 7.18. The van der Waals surface area contributed by atoms with Crippen LogP contribution >= 0.6 is 11.3 Å². The van der Waals surface area contributed by atoms with Gasteiger partial charge in [0.1, 0.15) is 16.5 Å². The molecule has 0 bridgehead atoms. The Morgan fingerprint density at radius 2 is 2.08 bits per heavy atom. The lowest BCUT2D eigenvalue weighted by molar-refractivity contribution is -0.120. The second-order valence-electron chi connectivity index (χ2n) is 5.86. The van der Waals surface area contributed by atoms with Crippen LogP contribution in [0.4, 0.5) is 4.39 Å². The molecule has 1 amide bonds. The molecule has 2 aromatic heterocycles. The molecule has 0 saturated heterocycles. The van der Waals surface area contributed by atoms with E-state index in [1.807, 2.05) is 13.8 Å². The molecule has 0 saturated carbocycles. The average Bonchev–Trinajstić information content (AvgIpc) is 2.87. The van der Waals surface area contributed by atoms with Crippen LogP contribution in [0.3, 0.4) is 0 Å². The van der Waals surface area contributed by atoms with E-state index in [0.29, 0.717) is 21.5 Å². The summed E-state index contributed by atoms with van der Waals surface area (Å²) in [5.74, 6) is -0.601. The van der Waals surface area contributed by atoms with Gasteiger partial charge in [-0.1, -0.05) is 18.2 Å². The molecule has 0 spiro atoms. The molecule has 0 aliphatic carbocycles. The zero-order valence-corrected chi connectivity index (χ0v) is 15.3. The van der Waals surface area contributed by atoms with Crippen molar-refractivity contribution >= 4 is 33.2 Å². The maximum atomic E-state index is 13.7. The van der Waals surface area contributed by atoms with Crippen LogP contribution in [0, 0.1) is 19.7 Å². The summed E-state index contributed by atoms with van der Waals surface area (Å²) < 4.78 is 13.7. The third kappa shape index (κ3) is 3.55. The van der Waals surface area contributed by atoms with Gasteiger partial charge in [0.15, 0.2) is 0 Å². The summed E-state index contributed by atoms with van der Waals surface area (Å²) in [4.78, 5) is 32.9. The number of carbonyl (C=O) groups excluding carboxylic acids is 1. The van der Waals surface area contributed by atoms with Gasteiger partial charge in [0, 0.05) is 10.4 Å². The van der Waals surface area contributed by atoms with E-state index in [-0.39, 0.29) is 17.8 Å². The highest BCUT2D eigenvalue weighted by Crippen LogP contribution is 2.25. The van der Waals surface area contributed by atoms with Crippen molar-refractivity contribution in [2.45, 2.75) is 27.2 Å². The standard InChI is InChI=1S/C18H17FN4O2S/c1-9-11(3)26-18-16(9)17(25)20-14(21-18)8-15(24)23-22-10(2)12-6-4-5-7-13(12)19/h4-7H,8H2,1-3H3,(H,23,24)(H,20,21,25)/b22-10+. The van der Waals surface area contributed by atoms with Crippen LogP contribution in [-0.2, 0) is 11.2 Å². The molecule has 0 unspecified atom stereocenters. The van der Waals surface area contributed by atoms with Gasteiger partial charge in [-0.25, -0.2) is 14.8 Å². The minimum absolute atomic E-state index is 0.130. The maximum absolute atomic E-state index is 13.7. The van der Waals surface area contributed by atoms with Gasteiger partial charge >= 0.3 is 0 Å². The van der Waals surface area contributed by atoms with Crippen molar-refractivity contribution in [3.63, 3.8) is 0 Å². The summed E-state index contributed by atoms with van der Waals surface area (Å²) in [6.45, 7) is 5.40. The van der Waals surface area contributed by atoms with Gasteiger partial charge in [0.2, 0.25) is 5.91 Å². The number of aromatic nitrogens is 2. The second-order valence-corrected chi connectivity index (χ2v) is 7.07. The van der Waals surface area contributed by atoms with Gasteiger partial charge in [-0.05, 0) is 32.4 Å². The number of amides is 1. The SMILES string of the molecule is C/C(=N\NC(=O)Cc1nc2sc(C)c(C)c2c(=O)[nH]1)c1ccccc1F. The monoisotopic (exact) mass is 372 g/mol. The molecule has 2 N–H and O–H groups in total. The number of nitrogens with one attached hydrogen (secondary N) is 2. The molecule has 0 atom stereocenters. The van der Waals surface area contributed by atoms with Gasteiger partial charge in [0.25, 0.3) is 5.56 Å².